The van der Waals surface area contributed by atoms with Crippen LogP contribution in [0.2, 0.25) is 0 Å². The number of nitrogens with one attached hydrogen (secondary N) is 1. The minimum Gasteiger partial charge on any atom is -0.394 e. The fraction of sp³-hybridized carbons (Fsp3) is 0.933. The van der Waals surface area contributed by atoms with Crippen molar-refractivity contribution in [1.82, 2.24) is 5.32 Å². The van der Waals surface area contributed by atoms with Gasteiger partial charge in [-0.05, 0) is 19.3 Å². The summed E-state index contributed by atoms with van der Waals surface area (Å²) in [4.78, 5) is 13.1. The molecule has 0 aliphatic carbocycles. The van der Waals surface area contributed by atoms with Gasteiger partial charge in [-0.2, -0.15) is 8.42 Å². The van der Waals surface area contributed by atoms with Gasteiger partial charge in [0.2, 0.25) is 5.91 Å². The summed E-state index contributed by atoms with van der Waals surface area (Å²) in [6.07, 6.45) is 27.2. The highest BCUT2D eigenvalue weighted by molar-refractivity contribution is 7.80. The molecule has 1 aliphatic heterocycles. The lowest BCUT2D eigenvalue weighted by atomic mass is 9.99. The van der Waals surface area contributed by atoms with E-state index >= 15 is 0 Å². The summed E-state index contributed by atoms with van der Waals surface area (Å²) in [7, 11) is -5.11. The zero-order chi connectivity index (χ0) is 43.6. The number of carbonyl (C=O) groups is 1. The van der Waals surface area contributed by atoms with Crippen LogP contribution >= 0.6 is 0 Å². The Morgan fingerprint density at radius 2 is 1.10 bits per heavy atom. The van der Waals surface area contributed by atoms with E-state index in [-0.39, 0.29) is 6.42 Å². The van der Waals surface area contributed by atoms with Gasteiger partial charge in [-0.25, -0.2) is 4.18 Å². The van der Waals surface area contributed by atoms with Crippen molar-refractivity contribution in [3.63, 3.8) is 0 Å². The van der Waals surface area contributed by atoms with Gasteiger partial charge in [0.05, 0.1) is 25.4 Å². The highest BCUT2D eigenvalue weighted by Crippen LogP contribution is 2.26. The third-order valence-electron chi connectivity index (χ3n) is 11.4. The normalized spacial score (nSPS) is 21.5. The molecule has 8 unspecified atom stereocenters. The van der Waals surface area contributed by atoms with Gasteiger partial charge in [-0.1, -0.05) is 199 Å². The standard InChI is InChI=1S/C45H87NO12S/c1-3-5-7-9-11-13-15-17-18-19-20-22-24-26-28-30-32-34-39(49)44(52)46-37(38(48)33-31-29-27-25-23-21-16-14-12-10-8-6-4-2)36-56-45-42(51)43(58-59(53,54)55)41(50)40(35-47)57-45/h31,33,37-43,45,47-51H,3-30,32,34-36H2,1-2H3,(H,46,52)(H,53,54,55)/b33-31+. The van der Waals surface area contributed by atoms with Gasteiger partial charge >= 0.3 is 10.4 Å². The highest BCUT2D eigenvalue weighted by atomic mass is 32.3. The van der Waals surface area contributed by atoms with Crippen LogP contribution in [0.25, 0.3) is 0 Å². The first-order chi connectivity index (χ1) is 28.4. The summed E-state index contributed by atoms with van der Waals surface area (Å²) < 4.78 is 47.5. The number of allylic oxidation sites excluding steroid dienone is 1. The van der Waals surface area contributed by atoms with Crippen LogP contribution in [0.4, 0.5) is 0 Å². The lowest BCUT2D eigenvalue weighted by molar-refractivity contribution is -0.298. The number of hydrogen-bond acceptors (Lipinski definition) is 11. The number of amides is 1. The van der Waals surface area contributed by atoms with Gasteiger partial charge < -0.3 is 40.3 Å². The molecule has 0 spiro atoms. The van der Waals surface area contributed by atoms with Crippen molar-refractivity contribution < 1.29 is 57.0 Å². The molecular formula is C45H87NO12S. The summed E-state index contributed by atoms with van der Waals surface area (Å²) in [5.74, 6) is -0.700. The van der Waals surface area contributed by atoms with E-state index in [2.05, 4.69) is 23.3 Å². The second-order valence-electron chi connectivity index (χ2n) is 16.8. The van der Waals surface area contributed by atoms with Gasteiger partial charge in [0.1, 0.15) is 30.5 Å². The van der Waals surface area contributed by atoms with Gasteiger partial charge in [-0.15, -0.1) is 0 Å². The van der Waals surface area contributed by atoms with E-state index in [0.717, 1.165) is 38.5 Å². The molecule has 1 aliphatic rings. The molecule has 14 heteroatoms. The van der Waals surface area contributed by atoms with Crippen molar-refractivity contribution in [1.29, 1.82) is 0 Å². The molecule has 0 bridgehead atoms. The predicted octanol–water partition coefficient (Wildman–Crippen LogP) is 8.14. The lowest BCUT2D eigenvalue weighted by Gasteiger charge is -2.41. The predicted molar refractivity (Wildman–Crippen MR) is 233 cm³/mol. The molecule has 1 fully saturated rings. The number of aliphatic hydroxyl groups excluding tert-OH is 5. The quantitative estimate of drug-likeness (QED) is 0.0177. The zero-order valence-electron chi connectivity index (χ0n) is 36.9. The van der Waals surface area contributed by atoms with Crippen molar-refractivity contribution in [2.75, 3.05) is 13.2 Å². The third-order valence-corrected chi connectivity index (χ3v) is 11.9. The third kappa shape index (κ3) is 28.9. The van der Waals surface area contributed by atoms with Crippen LogP contribution in [0.15, 0.2) is 12.2 Å². The molecule has 0 radical (unpaired) electrons. The number of unbranched alkanes of at least 4 members (excludes halogenated alkanes) is 27. The first kappa shape index (κ1) is 55.8. The molecule has 13 nitrogen and oxygen atoms in total. The molecule has 8 atom stereocenters. The first-order valence-corrected chi connectivity index (χ1v) is 25.0. The highest BCUT2D eigenvalue weighted by Gasteiger charge is 2.48. The lowest BCUT2D eigenvalue weighted by Crippen LogP contribution is -2.61. The van der Waals surface area contributed by atoms with Crippen molar-refractivity contribution in [2.45, 2.75) is 255 Å². The fourth-order valence-corrected chi connectivity index (χ4v) is 8.15. The van der Waals surface area contributed by atoms with E-state index in [9.17, 15) is 43.3 Å². The summed E-state index contributed by atoms with van der Waals surface area (Å²) in [5, 5.41) is 55.2. The van der Waals surface area contributed by atoms with Crippen molar-refractivity contribution in [2.24, 2.45) is 0 Å². The molecule has 59 heavy (non-hydrogen) atoms. The molecule has 350 valence electrons. The Morgan fingerprint density at radius 1 is 0.678 bits per heavy atom. The summed E-state index contributed by atoms with van der Waals surface area (Å²) >= 11 is 0. The van der Waals surface area contributed by atoms with E-state index in [0.29, 0.717) is 12.8 Å². The average Bonchev–Trinajstić information content (AvgIpc) is 3.20. The van der Waals surface area contributed by atoms with E-state index in [4.69, 9.17) is 9.47 Å². The Balaban J connectivity index is 2.55. The van der Waals surface area contributed by atoms with Crippen molar-refractivity contribution in [3.05, 3.63) is 12.2 Å². The molecule has 1 heterocycles. The molecule has 1 rings (SSSR count). The van der Waals surface area contributed by atoms with Crippen LogP contribution in [0, 0.1) is 0 Å². The van der Waals surface area contributed by atoms with Crippen LogP contribution in [-0.4, -0.2) is 107 Å². The van der Waals surface area contributed by atoms with Crippen LogP contribution in [0.1, 0.15) is 206 Å². The Hall–Kier alpha value is -1.20. The number of hydrogen-bond donors (Lipinski definition) is 7. The number of carbonyl (C=O) groups excluding carboxylic acids is 1. The molecule has 0 aromatic heterocycles. The Kier molecular flexibility index (Phi) is 34.3. The number of rotatable bonds is 40. The zero-order valence-corrected chi connectivity index (χ0v) is 37.8. The minimum atomic E-state index is -5.11. The first-order valence-electron chi connectivity index (χ1n) is 23.7. The van der Waals surface area contributed by atoms with Crippen LogP contribution in [0.3, 0.4) is 0 Å². The topological polar surface area (TPSA) is 212 Å². The van der Waals surface area contributed by atoms with E-state index in [1.165, 1.54) is 141 Å². The van der Waals surface area contributed by atoms with E-state index in [1.54, 1.807) is 0 Å². The fourth-order valence-electron chi connectivity index (χ4n) is 7.64. The molecule has 0 aromatic carbocycles. The van der Waals surface area contributed by atoms with Crippen molar-refractivity contribution in [3.8, 4) is 0 Å². The molecule has 1 saturated heterocycles. The molecule has 0 aromatic rings. The van der Waals surface area contributed by atoms with Crippen molar-refractivity contribution >= 4 is 16.3 Å². The SMILES string of the molecule is CCCCCCCCCCCCC/C=C/C(O)C(COC1OC(CO)C(O)C(OS(=O)(=O)O)C1O)NC(=O)C(O)CCCCCCCCCCCCCCCCCCC. The van der Waals surface area contributed by atoms with Crippen LogP contribution in [0.5, 0.6) is 0 Å². The smallest absolute Gasteiger partial charge is 0.394 e. The monoisotopic (exact) mass is 866 g/mol. The van der Waals surface area contributed by atoms with Gasteiger partial charge in [-0.3, -0.25) is 9.35 Å². The minimum absolute atomic E-state index is 0.248. The molecule has 1 amide bonds. The van der Waals surface area contributed by atoms with Gasteiger partial charge in [0.15, 0.2) is 6.29 Å². The van der Waals surface area contributed by atoms with E-state index in [1.807, 2.05) is 6.08 Å². The summed E-state index contributed by atoms with van der Waals surface area (Å²) in [6.45, 7) is 3.22. The average molecular weight is 866 g/mol. The second-order valence-corrected chi connectivity index (χ2v) is 17.9. The molecule has 7 N–H and O–H groups in total. The van der Waals surface area contributed by atoms with Gasteiger partial charge in [0, 0.05) is 0 Å². The largest absolute Gasteiger partial charge is 0.397 e. The number of aliphatic hydroxyl groups is 5. The summed E-state index contributed by atoms with van der Waals surface area (Å²) in [6, 6.07) is -1.11. The number of ether oxygens (including phenoxy) is 2. The Bertz CT molecular complexity index is 1130. The van der Waals surface area contributed by atoms with E-state index < -0.39 is 78.5 Å². The molecule has 0 saturated carbocycles. The van der Waals surface area contributed by atoms with Crippen LogP contribution in [-0.2, 0) is 28.9 Å². The van der Waals surface area contributed by atoms with Crippen LogP contribution < -0.4 is 5.32 Å². The second kappa shape index (κ2) is 36.3. The maximum Gasteiger partial charge on any atom is 0.397 e. The summed E-state index contributed by atoms with van der Waals surface area (Å²) in [5.41, 5.74) is 0. The van der Waals surface area contributed by atoms with Gasteiger partial charge in [0.25, 0.3) is 0 Å². The Morgan fingerprint density at radius 3 is 1.53 bits per heavy atom. The Labute approximate surface area is 358 Å². The maximum absolute atomic E-state index is 13.1. The molecular weight excluding hydrogens is 779 g/mol. The maximum atomic E-state index is 13.1.